The van der Waals surface area contributed by atoms with Crippen molar-refractivity contribution in [3.8, 4) is 0 Å². The number of hydrogen-bond donors (Lipinski definition) is 3. The quantitative estimate of drug-likeness (QED) is 0.146. The van der Waals surface area contributed by atoms with Crippen molar-refractivity contribution in [3.63, 3.8) is 0 Å². The van der Waals surface area contributed by atoms with Crippen LogP contribution in [0.2, 0.25) is 0 Å². The summed E-state index contributed by atoms with van der Waals surface area (Å²) in [6, 6.07) is 21.5. The molecule has 8 nitrogen and oxygen atoms in total. The Labute approximate surface area is 197 Å². The third-order valence-electron chi connectivity index (χ3n) is 4.65. The number of carbonyl (C=O) groups is 1. The first kappa shape index (κ1) is 21.8. The van der Waals surface area contributed by atoms with Crippen molar-refractivity contribution in [3.05, 3.63) is 76.8 Å². The van der Waals surface area contributed by atoms with Gasteiger partial charge in [-0.25, -0.2) is 10.1 Å². The number of halogens is 1. The molecule has 0 fully saturated rings. The molecule has 0 atom stereocenters. The average molecular weight is 510 g/mol. The zero-order valence-corrected chi connectivity index (χ0v) is 19.5. The van der Waals surface area contributed by atoms with E-state index in [0.29, 0.717) is 5.16 Å². The van der Waals surface area contributed by atoms with Gasteiger partial charge in [-0.2, -0.15) is 5.10 Å². The molecule has 0 aliphatic rings. The summed E-state index contributed by atoms with van der Waals surface area (Å²) >= 11 is 4.60. The molecular formula is C22H20BrN7OS. The summed E-state index contributed by atoms with van der Waals surface area (Å²) in [7, 11) is 0. The Morgan fingerprint density at radius 1 is 1.09 bits per heavy atom. The van der Waals surface area contributed by atoms with E-state index in [4.69, 9.17) is 5.84 Å². The first-order valence-corrected chi connectivity index (χ1v) is 11.5. The van der Waals surface area contributed by atoms with Crippen LogP contribution in [0.15, 0.2) is 81.5 Å². The fourth-order valence-corrected chi connectivity index (χ4v) is 3.91. The topological polar surface area (TPSA) is 110 Å². The van der Waals surface area contributed by atoms with Crippen LogP contribution in [0.25, 0.3) is 10.8 Å². The van der Waals surface area contributed by atoms with Gasteiger partial charge in [-0.1, -0.05) is 76.2 Å². The van der Waals surface area contributed by atoms with Crippen molar-refractivity contribution in [1.82, 2.24) is 14.9 Å². The fourth-order valence-electron chi connectivity index (χ4n) is 2.99. The van der Waals surface area contributed by atoms with E-state index in [0.717, 1.165) is 32.2 Å². The molecule has 0 saturated heterocycles. The molecule has 1 amide bonds. The van der Waals surface area contributed by atoms with Crippen LogP contribution in [-0.4, -0.2) is 32.2 Å². The number of nitrogens with zero attached hydrogens (tertiary/aromatic N) is 4. The second-order valence-electron chi connectivity index (χ2n) is 6.86. The summed E-state index contributed by atoms with van der Waals surface area (Å²) in [5.74, 6) is 6.32. The van der Waals surface area contributed by atoms with Crippen LogP contribution in [0.4, 0.5) is 11.6 Å². The second-order valence-corrected chi connectivity index (χ2v) is 8.71. The molecule has 32 heavy (non-hydrogen) atoms. The van der Waals surface area contributed by atoms with Gasteiger partial charge in [0.15, 0.2) is 0 Å². The first-order valence-electron chi connectivity index (χ1n) is 9.68. The summed E-state index contributed by atoms with van der Waals surface area (Å²) < 4.78 is 2.27. The summed E-state index contributed by atoms with van der Waals surface area (Å²) in [4.78, 5) is 12.5. The molecule has 10 heteroatoms. The van der Waals surface area contributed by atoms with Gasteiger partial charge in [0, 0.05) is 15.5 Å². The van der Waals surface area contributed by atoms with Gasteiger partial charge < -0.3 is 11.2 Å². The third-order valence-corrected chi connectivity index (χ3v) is 6.12. The van der Waals surface area contributed by atoms with Crippen molar-refractivity contribution in [2.45, 2.75) is 12.1 Å². The van der Waals surface area contributed by atoms with Gasteiger partial charge in [0.2, 0.25) is 11.1 Å². The molecule has 1 heterocycles. The second kappa shape index (κ2) is 9.84. The van der Waals surface area contributed by atoms with Gasteiger partial charge in [-0.3, -0.25) is 4.79 Å². The Bertz CT molecular complexity index is 1280. The predicted molar refractivity (Wildman–Crippen MR) is 133 cm³/mol. The number of hydrogen-bond acceptors (Lipinski definition) is 7. The summed E-state index contributed by atoms with van der Waals surface area (Å²) in [6.07, 6.45) is 0. The Kier molecular flexibility index (Phi) is 6.72. The minimum absolute atomic E-state index is 0.139. The molecule has 0 radical (unpaired) electrons. The highest BCUT2D eigenvalue weighted by molar-refractivity contribution is 9.10. The van der Waals surface area contributed by atoms with Crippen LogP contribution in [0.1, 0.15) is 12.5 Å². The molecule has 0 aliphatic carbocycles. The van der Waals surface area contributed by atoms with E-state index in [1.165, 1.54) is 16.4 Å². The summed E-state index contributed by atoms with van der Waals surface area (Å²) in [5, 5.41) is 17.8. The van der Waals surface area contributed by atoms with Gasteiger partial charge in [0.1, 0.15) is 0 Å². The Morgan fingerprint density at radius 2 is 1.84 bits per heavy atom. The maximum absolute atomic E-state index is 12.5. The molecule has 0 unspecified atom stereocenters. The number of benzene rings is 3. The van der Waals surface area contributed by atoms with Crippen LogP contribution in [0, 0.1) is 0 Å². The van der Waals surface area contributed by atoms with Gasteiger partial charge in [0.25, 0.3) is 5.95 Å². The summed E-state index contributed by atoms with van der Waals surface area (Å²) in [5.41, 5.74) is 5.32. The Hall–Kier alpha value is -3.37. The number of hydrazone groups is 1. The molecule has 1 aromatic heterocycles. The first-order chi connectivity index (χ1) is 15.5. The van der Waals surface area contributed by atoms with Crippen LogP contribution in [0.5, 0.6) is 0 Å². The molecule has 0 saturated carbocycles. The molecule has 4 N–H and O–H groups in total. The number of carbonyl (C=O) groups excluding carboxylic acids is 1. The number of rotatable bonds is 7. The van der Waals surface area contributed by atoms with Crippen LogP contribution in [-0.2, 0) is 4.79 Å². The zero-order valence-electron chi connectivity index (χ0n) is 17.1. The van der Waals surface area contributed by atoms with Crippen molar-refractivity contribution >= 4 is 61.7 Å². The number of anilines is 2. The predicted octanol–water partition coefficient (Wildman–Crippen LogP) is 4.47. The largest absolute Gasteiger partial charge is 0.334 e. The Balaban J connectivity index is 1.37. The maximum Gasteiger partial charge on any atom is 0.264 e. The van der Waals surface area contributed by atoms with Crippen molar-refractivity contribution in [2.24, 2.45) is 5.10 Å². The molecule has 162 valence electrons. The van der Waals surface area contributed by atoms with E-state index < -0.39 is 0 Å². The van der Waals surface area contributed by atoms with Gasteiger partial charge in [-0.15, -0.1) is 10.2 Å². The lowest BCUT2D eigenvalue weighted by Gasteiger charge is -2.08. The van der Waals surface area contributed by atoms with E-state index in [9.17, 15) is 4.79 Å². The minimum Gasteiger partial charge on any atom is -0.334 e. The number of thioether (sulfide) groups is 1. The van der Waals surface area contributed by atoms with E-state index in [-0.39, 0.29) is 17.6 Å². The number of fused-ring (bicyclic) bond motifs is 1. The van der Waals surface area contributed by atoms with Gasteiger partial charge >= 0.3 is 0 Å². The van der Waals surface area contributed by atoms with Crippen LogP contribution < -0.4 is 16.6 Å². The maximum atomic E-state index is 12.5. The number of nitrogens with one attached hydrogen (secondary N) is 2. The lowest BCUT2D eigenvalue weighted by Crippen LogP contribution is -2.17. The monoisotopic (exact) mass is 509 g/mol. The van der Waals surface area contributed by atoms with Crippen LogP contribution in [0.3, 0.4) is 0 Å². The lowest BCUT2D eigenvalue weighted by atomic mass is 10.1. The highest BCUT2D eigenvalue weighted by Gasteiger charge is 2.13. The number of nitrogen functional groups attached to an aromatic ring is 1. The molecule has 0 bridgehead atoms. The highest BCUT2D eigenvalue weighted by atomic mass is 79.9. The highest BCUT2D eigenvalue weighted by Crippen LogP contribution is 2.24. The fraction of sp³-hybridized carbons (Fsp3) is 0.0909. The lowest BCUT2D eigenvalue weighted by molar-refractivity contribution is -0.113. The molecule has 3 aromatic carbocycles. The number of aromatic nitrogens is 3. The van der Waals surface area contributed by atoms with Gasteiger partial charge in [-0.05, 0) is 36.1 Å². The number of amides is 1. The summed E-state index contributed by atoms with van der Waals surface area (Å²) in [6.45, 7) is 1.88. The van der Waals surface area contributed by atoms with Crippen molar-refractivity contribution < 1.29 is 4.79 Å². The third kappa shape index (κ3) is 5.09. The molecule has 0 aliphatic heterocycles. The van der Waals surface area contributed by atoms with Crippen molar-refractivity contribution in [2.75, 3.05) is 22.3 Å². The Morgan fingerprint density at radius 3 is 2.66 bits per heavy atom. The van der Waals surface area contributed by atoms with E-state index >= 15 is 0 Å². The van der Waals surface area contributed by atoms with Crippen molar-refractivity contribution in [1.29, 1.82) is 0 Å². The smallest absolute Gasteiger partial charge is 0.264 e. The van der Waals surface area contributed by atoms with E-state index in [1.54, 1.807) is 0 Å². The normalized spacial score (nSPS) is 11.5. The van der Waals surface area contributed by atoms with E-state index in [1.807, 2.05) is 73.7 Å². The molecule has 4 rings (SSSR count). The zero-order chi connectivity index (χ0) is 22.5. The number of nitrogens with two attached hydrogens (primary N) is 1. The molecule has 0 spiro atoms. The molecule has 4 aromatic rings. The SMILES string of the molecule is C/C(=N\Nc1nnc(SCC(=O)Nc2cccc3ccccc23)n1N)c1ccc(Br)cc1. The van der Waals surface area contributed by atoms with Gasteiger partial charge in [0.05, 0.1) is 11.5 Å². The standard InChI is InChI=1S/C22H20BrN7OS/c1-14(15-9-11-17(23)12-10-15)26-27-21-28-29-22(30(21)24)32-13-20(31)25-19-8-4-6-16-5-2-3-7-18(16)19/h2-12H,13,24H2,1H3,(H,25,31)(H,27,28)/b26-14+. The van der Waals surface area contributed by atoms with Crippen LogP contribution >= 0.6 is 27.7 Å². The minimum atomic E-state index is -0.159. The van der Waals surface area contributed by atoms with E-state index in [2.05, 4.69) is 42.0 Å². The molecular weight excluding hydrogens is 490 g/mol. The average Bonchev–Trinajstić information content (AvgIpc) is 3.16.